The van der Waals surface area contributed by atoms with Crippen LogP contribution in [0.15, 0.2) is 0 Å². The maximum absolute atomic E-state index is 12.0. The molecule has 2 amide bonds. The van der Waals surface area contributed by atoms with Gasteiger partial charge in [-0.2, -0.15) is 5.10 Å². The normalized spacial score (nSPS) is 15.4. The van der Waals surface area contributed by atoms with Crippen molar-refractivity contribution in [3.05, 3.63) is 11.4 Å². The maximum Gasteiger partial charge on any atom is 0.274 e. The van der Waals surface area contributed by atoms with Crippen molar-refractivity contribution in [1.82, 2.24) is 15.5 Å². The van der Waals surface area contributed by atoms with Crippen LogP contribution in [0.4, 0.5) is 5.69 Å². The second kappa shape index (κ2) is 4.01. The minimum absolute atomic E-state index is 0.117. The fraction of sp³-hybridized carbons (Fsp3) is 0.545. The molecule has 0 aromatic carbocycles. The van der Waals surface area contributed by atoms with Crippen LogP contribution in [0.5, 0.6) is 0 Å². The summed E-state index contributed by atoms with van der Waals surface area (Å²) in [5.74, 6) is -0.741. The third-order valence-electron chi connectivity index (χ3n) is 3.08. The molecule has 18 heavy (non-hydrogen) atoms. The van der Waals surface area contributed by atoms with Crippen molar-refractivity contribution in [1.29, 1.82) is 0 Å². The zero-order valence-corrected chi connectivity index (χ0v) is 10.4. The molecular formula is C11H17N5O2. The lowest BCUT2D eigenvalue weighted by Crippen LogP contribution is -2.53. The second-order valence-electron chi connectivity index (χ2n) is 5.12. The summed E-state index contributed by atoms with van der Waals surface area (Å²) in [6.07, 6.45) is 2.11. The van der Waals surface area contributed by atoms with E-state index in [0.29, 0.717) is 11.6 Å². The smallest absolute Gasteiger partial charge is 0.274 e. The van der Waals surface area contributed by atoms with E-state index in [9.17, 15) is 9.59 Å². The summed E-state index contributed by atoms with van der Waals surface area (Å²) in [6.45, 7) is 3.05. The standard InChI is InChI=1S/C11H17N5O2/c1-11(2,10(13)18)14-9(17)8-6(12)7(15-16-8)5-3-4-5/h5H,3-4,12H2,1-2H3,(H2,13,18)(H,14,17)(H,15,16). The third kappa shape index (κ3) is 2.15. The van der Waals surface area contributed by atoms with E-state index in [1.54, 1.807) is 0 Å². The number of aromatic nitrogens is 2. The van der Waals surface area contributed by atoms with Gasteiger partial charge in [-0.1, -0.05) is 0 Å². The lowest BCUT2D eigenvalue weighted by atomic mass is 10.0. The number of hydrogen-bond donors (Lipinski definition) is 4. The maximum atomic E-state index is 12.0. The first-order valence-electron chi connectivity index (χ1n) is 5.79. The molecule has 0 atom stereocenters. The third-order valence-corrected chi connectivity index (χ3v) is 3.08. The first-order valence-corrected chi connectivity index (χ1v) is 5.79. The average Bonchev–Trinajstić information content (AvgIpc) is 3.01. The van der Waals surface area contributed by atoms with Gasteiger partial charge in [-0.3, -0.25) is 14.7 Å². The number of amides is 2. The predicted molar refractivity (Wildman–Crippen MR) is 65.7 cm³/mol. The highest BCUT2D eigenvalue weighted by molar-refractivity contribution is 6.01. The molecule has 0 bridgehead atoms. The Labute approximate surface area is 104 Å². The molecule has 98 valence electrons. The van der Waals surface area contributed by atoms with E-state index in [4.69, 9.17) is 11.5 Å². The Morgan fingerprint density at radius 3 is 2.56 bits per heavy atom. The van der Waals surface area contributed by atoms with Crippen LogP contribution in [0.1, 0.15) is 48.8 Å². The average molecular weight is 251 g/mol. The molecule has 1 saturated carbocycles. The van der Waals surface area contributed by atoms with Gasteiger partial charge in [0.15, 0.2) is 5.69 Å². The van der Waals surface area contributed by atoms with Gasteiger partial charge >= 0.3 is 0 Å². The Hall–Kier alpha value is -2.05. The molecule has 0 spiro atoms. The predicted octanol–water partition coefficient (Wildman–Crippen LogP) is -0.137. The van der Waals surface area contributed by atoms with E-state index >= 15 is 0 Å². The van der Waals surface area contributed by atoms with E-state index in [-0.39, 0.29) is 5.69 Å². The summed E-state index contributed by atoms with van der Waals surface area (Å²) >= 11 is 0. The van der Waals surface area contributed by atoms with Gasteiger partial charge in [-0.25, -0.2) is 0 Å². The number of nitrogens with one attached hydrogen (secondary N) is 2. The van der Waals surface area contributed by atoms with Gasteiger partial charge in [-0.15, -0.1) is 0 Å². The Morgan fingerprint density at radius 1 is 1.44 bits per heavy atom. The number of nitrogen functional groups attached to an aromatic ring is 1. The van der Waals surface area contributed by atoms with Crippen LogP contribution in [-0.2, 0) is 4.79 Å². The van der Waals surface area contributed by atoms with E-state index < -0.39 is 17.4 Å². The molecule has 0 aliphatic heterocycles. The molecule has 1 aliphatic rings. The second-order valence-corrected chi connectivity index (χ2v) is 5.12. The molecule has 1 aromatic rings. The van der Waals surface area contributed by atoms with Crippen LogP contribution >= 0.6 is 0 Å². The summed E-state index contributed by atoms with van der Waals surface area (Å²) in [7, 11) is 0. The molecule has 7 heteroatoms. The van der Waals surface area contributed by atoms with Gasteiger partial charge in [-0.05, 0) is 26.7 Å². The fourth-order valence-corrected chi connectivity index (χ4v) is 1.63. The van der Waals surface area contributed by atoms with Gasteiger partial charge in [0.1, 0.15) is 5.54 Å². The SMILES string of the molecule is CC(C)(NC(=O)c1n[nH]c(C2CC2)c1N)C(N)=O. The Balaban J connectivity index is 2.16. The molecule has 0 saturated heterocycles. The summed E-state index contributed by atoms with van der Waals surface area (Å²) in [5, 5.41) is 9.20. The zero-order chi connectivity index (χ0) is 13.5. The van der Waals surface area contributed by atoms with Crippen molar-refractivity contribution >= 4 is 17.5 Å². The van der Waals surface area contributed by atoms with E-state index in [1.807, 2.05) is 0 Å². The molecule has 6 N–H and O–H groups in total. The van der Waals surface area contributed by atoms with E-state index in [0.717, 1.165) is 18.5 Å². The molecule has 1 aromatic heterocycles. The van der Waals surface area contributed by atoms with E-state index in [1.165, 1.54) is 13.8 Å². The molecular weight excluding hydrogens is 234 g/mol. The quantitative estimate of drug-likeness (QED) is 0.594. The van der Waals surface area contributed by atoms with Crippen LogP contribution in [0.2, 0.25) is 0 Å². The highest BCUT2D eigenvalue weighted by Crippen LogP contribution is 2.42. The van der Waals surface area contributed by atoms with Crippen molar-refractivity contribution in [2.24, 2.45) is 5.73 Å². The van der Waals surface area contributed by atoms with Gasteiger partial charge in [0.2, 0.25) is 5.91 Å². The van der Waals surface area contributed by atoms with Crippen molar-refractivity contribution in [2.45, 2.75) is 38.1 Å². The summed E-state index contributed by atoms with van der Waals surface area (Å²) < 4.78 is 0. The number of rotatable bonds is 4. The number of nitrogens with zero attached hydrogens (tertiary/aromatic N) is 1. The van der Waals surface area contributed by atoms with Gasteiger partial charge in [0, 0.05) is 5.92 Å². The van der Waals surface area contributed by atoms with Crippen LogP contribution in [0.3, 0.4) is 0 Å². The minimum atomic E-state index is -1.14. The van der Waals surface area contributed by atoms with Gasteiger partial charge in [0.25, 0.3) is 5.91 Å². The number of nitrogens with two attached hydrogens (primary N) is 2. The lowest BCUT2D eigenvalue weighted by Gasteiger charge is -2.21. The summed E-state index contributed by atoms with van der Waals surface area (Å²) in [4.78, 5) is 23.1. The number of carbonyl (C=O) groups excluding carboxylic acids is 2. The van der Waals surface area contributed by atoms with Crippen molar-refractivity contribution in [2.75, 3.05) is 5.73 Å². The van der Waals surface area contributed by atoms with Crippen LogP contribution < -0.4 is 16.8 Å². The lowest BCUT2D eigenvalue weighted by molar-refractivity contribution is -0.122. The summed E-state index contributed by atoms with van der Waals surface area (Å²) in [6, 6.07) is 0. The minimum Gasteiger partial charge on any atom is -0.395 e. The molecule has 0 unspecified atom stereocenters. The highest BCUT2D eigenvalue weighted by atomic mass is 16.2. The number of primary amides is 1. The van der Waals surface area contributed by atoms with E-state index in [2.05, 4.69) is 15.5 Å². The molecule has 7 nitrogen and oxygen atoms in total. The number of H-pyrrole nitrogens is 1. The Bertz CT molecular complexity index is 502. The van der Waals surface area contributed by atoms with Gasteiger partial charge < -0.3 is 16.8 Å². The number of aromatic amines is 1. The topological polar surface area (TPSA) is 127 Å². The first-order chi connectivity index (χ1) is 8.33. The van der Waals surface area contributed by atoms with Crippen LogP contribution in [0, 0.1) is 0 Å². The highest BCUT2D eigenvalue weighted by Gasteiger charge is 2.33. The molecule has 1 aliphatic carbocycles. The monoisotopic (exact) mass is 251 g/mol. The Kier molecular flexibility index (Phi) is 2.76. The largest absolute Gasteiger partial charge is 0.395 e. The Morgan fingerprint density at radius 2 is 2.06 bits per heavy atom. The molecule has 1 fully saturated rings. The van der Waals surface area contributed by atoms with Crippen LogP contribution in [0.25, 0.3) is 0 Å². The van der Waals surface area contributed by atoms with Crippen molar-refractivity contribution < 1.29 is 9.59 Å². The summed E-state index contributed by atoms with van der Waals surface area (Å²) in [5.41, 5.74) is 11.2. The number of carbonyl (C=O) groups is 2. The zero-order valence-electron chi connectivity index (χ0n) is 10.4. The number of anilines is 1. The molecule has 1 heterocycles. The van der Waals surface area contributed by atoms with Crippen LogP contribution in [-0.4, -0.2) is 27.6 Å². The number of hydrogen-bond acceptors (Lipinski definition) is 4. The molecule has 2 rings (SSSR count). The first kappa shape index (κ1) is 12.4. The fourth-order valence-electron chi connectivity index (χ4n) is 1.63. The molecule has 0 radical (unpaired) electrons. The van der Waals surface area contributed by atoms with Crippen molar-refractivity contribution in [3.63, 3.8) is 0 Å². The van der Waals surface area contributed by atoms with Gasteiger partial charge in [0.05, 0.1) is 11.4 Å². The van der Waals surface area contributed by atoms with Crippen molar-refractivity contribution in [3.8, 4) is 0 Å².